The summed E-state index contributed by atoms with van der Waals surface area (Å²) in [4.78, 5) is 15.8. The molecule has 51 heavy (non-hydrogen) atoms. The summed E-state index contributed by atoms with van der Waals surface area (Å²) in [5, 5.41) is 4.34. The molecule has 0 saturated heterocycles. The molecule has 0 aliphatic rings. The van der Waals surface area contributed by atoms with E-state index in [1.54, 1.807) is 0 Å². The molecule has 12 heteroatoms. The van der Waals surface area contributed by atoms with E-state index in [1.807, 2.05) is 30.3 Å². The summed E-state index contributed by atoms with van der Waals surface area (Å²) < 4.78 is 13.1. The number of para-hydroxylation sites is 1. The highest BCUT2D eigenvalue weighted by molar-refractivity contribution is 6.68. The van der Waals surface area contributed by atoms with Crippen molar-refractivity contribution in [2.75, 3.05) is 0 Å². The molecule has 5 nitrogen and oxygen atoms in total. The van der Waals surface area contributed by atoms with Gasteiger partial charge in [0, 0.05) is 38.2 Å². The number of nitrogens with zero attached hydrogens (tertiary/aromatic N) is 3. The molecule has 234 valence electrons. The van der Waals surface area contributed by atoms with E-state index in [9.17, 15) is 0 Å². The van der Waals surface area contributed by atoms with Gasteiger partial charge in [-0.3, -0.25) is 0 Å². The average molecular weight is 648 g/mol. The first-order valence-electron chi connectivity index (χ1n) is 17.5. The van der Waals surface area contributed by atoms with Crippen molar-refractivity contribution in [2.24, 2.45) is 0 Å². The molecule has 0 amide bonds. The van der Waals surface area contributed by atoms with E-state index < -0.39 is 0 Å². The van der Waals surface area contributed by atoms with Gasteiger partial charge in [-0.05, 0) is 35.4 Å². The molecule has 0 spiro atoms. The van der Waals surface area contributed by atoms with Crippen LogP contribution >= 0.6 is 0 Å². The highest BCUT2D eigenvalue weighted by Gasteiger charge is 2.25. The maximum atomic E-state index is 6.82. The summed E-state index contributed by atoms with van der Waals surface area (Å²) in [5.41, 5.74) is 16.8. The third-order valence-corrected chi connectivity index (χ3v) is 11.1. The fourth-order valence-electron chi connectivity index (χ4n) is 7.66. The third kappa shape index (κ3) is 4.84. The van der Waals surface area contributed by atoms with Gasteiger partial charge < -0.3 is 8.83 Å². The van der Waals surface area contributed by atoms with Crippen LogP contribution in [0.1, 0.15) is 0 Å². The summed E-state index contributed by atoms with van der Waals surface area (Å²) in [6.45, 7) is 0. The van der Waals surface area contributed by atoms with E-state index in [-0.39, 0.29) is 0 Å². The van der Waals surface area contributed by atoms with Crippen molar-refractivity contribution in [2.45, 2.75) is 0 Å². The predicted octanol–water partition coefficient (Wildman–Crippen LogP) is -1.85. The van der Waals surface area contributed by atoms with Gasteiger partial charge >= 0.3 is 0 Å². The molecule has 0 saturated carbocycles. The number of benzene rings is 6. The lowest BCUT2D eigenvalue weighted by atomic mass is 9.64. The maximum Gasteiger partial charge on any atom is 0.164 e. The predicted molar refractivity (Wildman–Crippen MR) is 233 cm³/mol. The monoisotopic (exact) mass is 649 g/mol. The third-order valence-electron chi connectivity index (χ3n) is 11.1. The van der Waals surface area contributed by atoms with Crippen LogP contribution in [0.5, 0.6) is 0 Å². The molecule has 0 radical (unpaired) electrons. The lowest BCUT2D eigenvalue weighted by molar-refractivity contribution is 0.669. The first kappa shape index (κ1) is 31.4. The van der Waals surface area contributed by atoms with Gasteiger partial charge in [0.15, 0.2) is 17.5 Å². The average Bonchev–Trinajstić information content (AvgIpc) is 3.75. The highest BCUT2D eigenvalue weighted by Crippen LogP contribution is 2.35. The fraction of sp³-hybridized carbons (Fsp3) is 0. The maximum absolute atomic E-state index is 6.82. The van der Waals surface area contributed by atoms with Crippen molar-refractivity contribution in [1.82, 2.24) is 15.0 Å². The van der Waals surface area contributed by atoms with Gasteiger partial charge in [0.2, 0.25) is 0 Å². The Bertz CT molecular complexity index is 2900. The second-order valence-corrected chi connectivity index (χ2v) is 13.8. The SMILES string of the molecule is Bc1c(B)c(B)c2c(oc3c(B)c(B)c(B)c(-c4nc(-c5cccc(-c6ccccc6)c5)nc(-c5ccc6c(c5)oc5ccccc56)n4)c32)c1B. The van der Waals surface area contributed by atoms with Crippen molar-refractivity contribution < 1.29 is 8.83 Å². The Hall–Kier alpha value is -5.62. The number of rotatable bonds is 4. The minimum Gasteiger partial charge on any atom is -0.457 e. The molecule has 9 rings (SSSR count). The van der Waals surface area contributed by atoms with Crippen LogP contribution in [0.25, 0.3) is 89.2 Å². The normalized spacial score (nSPS) is 11.7. The van der Waals surface area contributed by atoms with Crippen molar-refractivity contribution in [3.8, 4) is 45.3 Å². The van der Waals surface area contributed by atoms with Crippen LogP contribution in [0, 0.1) is 0 Å². The van der Waals surface area contributed by atoms with Gasteiger partial charge in [-0.15, -0.1) is 5.46 Å². The summed E-state index contributed by atoms with van der Waals surface area (Å²) in [6.07, 6.45) is 0. The second kappa shape index (κ2) is 11.7. The molecule has 0 aliphatic heterocycles. The van der Waals surface area contributed by atoms with E-state index in [0.29, 0.717) is 17.5 Å². The van der Waals surface area contributed by atoms with Gasteiger partial charge in [0.1, 0.15) is 77.3 Å². The van der Waals surface area contributed by atoms with E-state index in [0.717, 1.165) is 82.6 Å². The Labute approximate surface area is 302 Å². The second-order valence-electron chi connectivity index (χ2n) is 13.8. The van der Waals surface area contributed by atoms with Crippen molar-refractivity contribution in [1.29, 1.82) is 0 Å². The summed E-state index contributed by atoms with van der Waals surface area (Å²) in [5.74, 6) is 1.81. The Kier molecular flexibility index (Phi) is 7.22. The lowest BCUT2D eigenvalue weighted by Crippen LogP contribution is -2.47. The molecule has 0 N–H and O–H groups in total. The molecule has 3 heterocycles. The van der Waals surface area contributed by atoms with Crippen LogP contribution in [0.2, 0.25) is 0 Å². The van der Waals surface area contributed by atoms with Crippen LogP contribution in [-0.4, -0.2) is 69.9 Å². The smallest absolute Gasteiger partial charge is 0.164 e. The standard InChI is InChI=1S/C39H30B7N3O2/c40-28-26-25-27(29(41)31(43)33(45)35(25)51-36(26)34(46)32(44)30(28)42)39-48-37(19-10-6-9-18(15-19)17-7-2-1-3-8-17)47-38(49-39)20-13-14-22-21-11-4-5-12-23(21)50-24(22)16-20/h1-16H,40-46H2. The van der Waals surface area contributed by atoms with E-state index in [2.05, 4.69) is 122 Å². The molecule has 0 aliphatic carbocycles. The molecule has 0 bridgehead atoms. The number of furan rings is 2. The summed E-state index contributed by atoms with van der Waals surface area (Å²) in [6, 6.07) is 33.2. The molecular weight excluding hydrogens is 618 g/mol. The van der Waals surface area contributed by atoms with Gasteiger partial charge in [0.25, 0.3) is 0 Å². The Morgan fingerprint density at radius 3 is 1.71 bits per heavy atom. The molecule has 0 unspecified atom stereocenters. The van der Waals surface area contributed by atoms with Crippen LogP contribution in [-0.2, 0) is 0 Å². The van der Waals surface area contributed by atoms with Crippen LogP contribution < -0.4 is 38.2 Å². The Morgan fingerprint density at radius 1 is 0.373 bits per heavy atom. The fourth-order valence-corrected chi connectivity index (χ4v) is 7.66. The number of hydrogen-bond donors (Lipinski definition) is 0. The molecule has 3 aromatic heterocycles. The van der Waals surface area contributed by atoms with Crippen LogP contribution in [0.4, 0.5) is 0 Å². The van der Waals surface area contributed by atoms with Gasteiger partial charge in [-0.25, -0.2) is 15.0 Å². The lowest BCUT2D eigenvalue weighted by Gasteiger charge is -2.16. The molecule has 0 atom stereocenters. The van der Waals surface area contributed by atoms with Crippen molar-refractivity contribution >= 4 is 137 Å². The molecule has 9 aromatic rings. The summed E-state index contributed by atoms with van der Waals surface area (Å²) in [7, 11) is 15.3. The quantitative estimate of drug-likeness (QED) is 0.210. The van der Waals surface area contributed by atoms with E-state index >= 15 is 0 Å². The van der Waals surface area contributed by atoms with Gasteiger partial charge in [-0.2, -0.15) is 0 Å². The van der Waals surface area contributed by atoms with Gasteiger partial charge in [0.05, 0.1) is 0 Å². The number of aromatic nitrogens is 3. The summed E-state index contributed by atoms with van der Waals surface area (Å²) >= 11 is 0. The van der Waals surface area contributed by atoms with Crippen LogP contribution in [0.15, 0.2) is 106 Å². The van der Waals surface area contributed by atoms with Crippen molar-refractivity contribution in [3.63, 3.8) is 0 Å². The minimum absolute atomic E-state index is 0.584. The Morgan fingerprint density at radius 2 is 0.941 bits per heavy atom. The molecule has 0 fully saturated rings. The zero-order valence-electron chi connectivity index (χ0n) is 29.9. The largest absolute Gasteiger partial charge is 0.457 e. The Balaban J connectivity index is 1.36. The number of fused-ring (bicyclic) bond motifs is 6. The van der Waals surface area contributed by atoms with E-state index in [4.69, 9.17) is 23.8 Å². The molecular formula is C39H30B7N3O2. The first-order valence-corrected chi connectivity index (χ1v) is 17.5. The highest BCUT2D eigenvalue weighted by atomic mass is 16.3. The van der Waals surface area contributed by atoms with E-state index in [1.165, 1.54) is 27.3 Å². The zero-order chi connectivity index (χ0) is 35.1. The number of hydrogen-bond acceptors (Lipinski definition) is 5. The minimum atomic E-state index is 0.584. The zero-order valence-corrected chi connectivity index (χ0v) is 29.9. The first-order chi connectivity index (χ1) is 24.7. The van der Waals surface area contributed by atoms with Crippen LogP contribution in [0.3, 0.4) is 0 Å². The molecule has 6 aromatic carbocycles. The topological polar surface area (TPSA) is 65.0 Å². The van der Waals surface area contributed by atoms with Gasteiger partial charge in [-0.1, -0.05) is 106 Å². The van der Waals surface area contributed by atoms with Crippen molar-refractivity contribution in [3.05, 3.63) is 97.1 Å².